The van der Waals surface area contributed by atoms with Gasteiger partial charge in [0.05, 0.1) is 11.4 Å². The molecule has 0 aliphatic rings. The summed E-state index contributed by atoms with van der Waals surface area (Å²) in [5, 5.41) is 7.46. The van der Waals surface area contributed by atoms with Crippen molar-refractivity contribution in [2.45, 2.75) is 13.2 Å². The fraction of sp³-hybridized carbons (Fsp3) is 0.0714. The number of carbonyl (C=O) groups is 1. The van der Waals surface area contributed by atoms with Crippen molar-refractivity contribution in [3.05, 3.63) is 125 Å². The number of hydrogen-bond acceptors (Lipinski definition) is 4. The predicted octanol–water partition coefficient (Wildman–Crippen LogP) is 6.20. The van der Waals surface area contributed by atoms with Gasteiger partial charge in [0.1, 0.15) is 12.4 Å². The van der Waals surface area contributed by atoms with Crippen LogP contribution in [0.5, 0.6) is 5.75 Å². The number of nitrogens with one attached hydrogen (secondary N) is 1. The van der Waals surface area contributed by atoms with Crippen LogP contribution in [0, 0.1) is 23.3 Å². The van der Waals surface area contributed by atoms with Gasteiger partial charge in [-0.25, -0.2) is 13.5 Å². The van der Waals surface area contributed by atoms with Crippen molar-refractivity contribution in [2.75, 3.05) is 0 Å². The quantitative estimate of drug-likeness (QED) is 0.195. The summed E-state index contributed by atoms with van der Waals surface area (Å²) in [5.74, 6) is -8.37. The van der Waals surface area contributed by atoms with Gasteiger partial charge in [-0.2, -0.15) is 13.9 Å². The minimum atomic E-state index is -1.67. The Morgan fingerprint density at radius 2 is 1.55 bits per heavy atom. The van der Waals surface area contributed by atoms with Gasteiger partial charge < -0.3 is 14.5 Å². The minimum absolute atomic E-state index is 0.0143. The maximum Gasteiger partial charge on any atom is 0.287 e. The molecule has 0 radical (unpaired) electrons. The molecule has 0 bridgehead atoms. The van der Waals surface area contributed by atoms with E-state index in [2.05, 4.69) is 5.32 Å². The normalized spacial score (nSPS) is 10.9. The Labute approximate surface area is 214 Å². The fourth-order valence-corrected chi connectivity index (χ4v) is 3.75. The van der Waals surface area contributed by atoms with Crippen molar-refractivity contribution in [1.82, 2.24) is 15.1 Å². The van der Waals surface area contributed by atoms with Crippen molar-refractivity contribution in [2.24, 2.45) is 0 Å². The van der Waals surface area contributed by atoms with Crippen molar-refractivity contribution in [3.63, 3.8) is 0 Å². The van der Waals surface area contributed by atoms with Gasteiger partial charge in [-0.15, -0.1) is 0 Å². The second-order valence-corrected chi connectivity index (χ2v) is 8.18. The molecule has 1 amide bonds. The van der Waals surface area contributed by atoms with Crippen LogP contribution in [0.25, 0.3) is 16.9 Å². The third-order valence-corrected chi connectivity index (χ3v) is 5.61. The van der Waals surface area contributed by atoms with Crippen LogP contribution in [0.2, 0.25) is 0 Å². The second kappa shape index (κ2) is 10.6. The van der Waals surface area contributed by atoms with Crippen LogP contribution in [0.1, 0.15) is 21.9 Å². The Morgan fingerprint density at radius 3 is 2.24 bits per heavy atom. The lowest BCUT2D eigenvalue weighted by molar-refractivity contribution is 0.0918. The molecule has 0 atom stereocenters. The number of nitrogens with zero attached hydrogens (tertiary/aromatic N) is 2. The molecule has 0 saturated carbocycles. The summed E-state index contributed by atoms with van der Waals surface area (Å²) < 4.78 is 66.3. The lowest BCUT2D eigenvalue weighted by Gasteiger charge is -2.08. The average molecular weight is 521 g/mol. The molecule has 0 saturated heterocycles. The molecule has 0 unspecified atom stereocenters. The number of ether oxygens (including phenoxy) is 1. The molecular formula is C28H19F4N3O3. The third kappa shape index (κ3) is 5.15. The summed E-state index contributed by atoms with van der Waals surface area (Å²) in [7, 11) is 0. The molecule has 6 nitrogen and oxygen atoms in total. The fourth-order valence-electron chi connectivity index (χ4n) is 3.75. The summed E-state index contributed by atoms with van der Waals surface area (Å²) in [6.07, 6.45) is 1.82. The standard InChI is InChI=1S/C28H19F4N3O3/c29-21-13-22(30)25(32)27(24(21)31)37-16-20-11-12-23(38-20)28(36)33-14-18-15-35(19-9-5-2-6-10-19)34-26(18)17-7-3-1-4-8-17/h1-13,15H,14,16H2,(H,33,36). The van der Waals surface area contributed by atoms with Gasteiger partial charge in [0.25, 0.3) is 5.91 Å². The largest absolute Gasteiger partial charge is 0.479 e. The van der Waals surface area contributed by atoms with E-state index in [0.29, 0.717) is 5.69 Å². The number of hydrogen-bond donors (Lipinski definition) is 1. The molecule has 10 heteroatoms. The molecule has 5 rings (SSSR count). The van der Waals surface area contributed by atoms with Crippen molar-refractivity contribution in [3.8, 4) is 22.7 Å². The summed E-state index contributed by atoms with van der Waals surface area (Å²) in [4.78, 5) is 12.7. The molecule has 0 spiro atoms. The number of carbonyl (C=O) groups excluding carboxylic acids is 1. The predicted molar refractivity (Wildman–Crippen MR) is 129 cm³/mol. The van der Waals surface area contributed by atoms with Gasteiger partial charge >= 0.3 is 0 Å². The Morgan fingerprint density at radius 1 is 0.895 bits per heavy atom. The number of aromatic nitrogens is 2. The molecule has 0 aliphatic heterocycles. The SMILES string of the molecule is O=C(NCc1cn(-c2ccccc2)nc1-c1ccccc1)c1ccc(COc2c(F)c(F)cc(F)c2F)o1. The first-order chi connectivity index (χ1) is 18.4. The zero-order valence-corrected chi connectivity index (χ0v) is 19.6. The second-order valence-electron chi connectivity index (χ2n) is 8.18. The maximum absolute atomic E-state index is 13.8. The molecule has 0 aliphatic carbocycles. The van der Waals surface area contributed by atoms with E-state index in [1.807, 2.05) is 66.9 Å². The van der Waals surface area contributed by atoms with Crippen LogP contribution < -0.4 is 10.1 Å². The topological polar surface area (TPSA) is 69.3 Å². The van der Waals surface area contributed by atoms with Crippen molar-refractivity contribution in [1.29, 1.82) is 0 Å². The monoisotopic (exact) mass is 521 g/mol. The first-order valence-corrected chi connectivity index (χ1v) is 11.4. The van der Waals surface area contributed by atoms with E-state index >= 15 is 0 Å². The Balaban J connectivity index is 1.29. The van der Waals surface area contributed by atoms with Crippen LogP contribution in [0.4, 0.5) is 17.6 Å². The molecule has 0 fully saturated rings. The van der Waals surface area contributed by atoms with E-state index in [1.54, 1.807) is 4.68 Å². The molecule has 2 heterocycles. The number of furan rings is 1. The van der Waals surface area contributed by atoms with E-state index in [0.717, 1.165) is 16.8 Å². The Hall–Kier alpha value is -4.86. The minimum Gasteiger partial charge on any atom is -0.479 e. The van der Waals surface area contributed by atoms with Gasteiger partial charge in [0.15, 0.2) is 23.1 Å². The van der Waals surface area contributed by atoms with Crippen molar-refractivity contribution < 1.29 is 31.5 Å². The molecule has 192 valence electrons. The van der Waals surface area contributed by atoms with E-state index < -0.39 is 41.5 Å². The molecule has 5 aromatic rings. The molecular weight excluding hydrogens is 502 g/mol. The number of amides is 1. The Kier molecular flexibility index (Phi) is 6.94. The lowest BCUT2D eigenvalue weighted by Crippen LogP contribution is -2.22. The van der Waals surface area contributed by atoms with Gasteiger partial charge in [0, 0.05) is 29.9 Å². The summed E-state index contributed by atoms with van der Waals surface area (Å²) in [6.45, 7) is -0.437. The third-order valence-electron chi connectivity index (χ3n) is 5.61. The van der Waals surface area contributed by atoms with Crippen LogP contribution in [-0.2, 0) is 13.2 Å². The van der Waals surface area contributed by atoms with E-state index in [4.69, 9.17) is 14.3 Å². The van der Waals surface area contributed by atoms with E-state index in [1.165, 1.54) is 12.1 Å². The van der Waals surface area contributed by atoms with Gasteiger partial charge in [0.2, 0.25) is 11.6 Å². The van der Waals surface area contributed by atoms with Crippen LogP contribution in [-0.4, -0.2) is 15.7 Å². The number of para-hydroxylation sites is 1. The highest BCUT2D eigenvalue weighted by Gasteiger charge is 2.21. The van der Waals surface area contributed by atoms with Crippen LogP contribution >= 0.6 is 0 Å². The Bertz CT molecular complexity index is 1560. The van der Waals surface area contributed by atoms with Gasteiger partial charge in [-0.1, -0.05) is 48.5 Å². The molecule has 3 aromatic carbocycles. The van der Waals surface area contributed by atoms with E-state index in [-0.39, 0.29) is 24.1 Å². The van der Waals surface area contributed by atoms with Crippen molar-refractivity contribution >= 4 is 5.91 Å². The first-order valence-electron chi connectivity index (χ1n) is 11.4. The van der Waals surface area contributed by atoms with Gasteiger partial charge in [-0.05, 0) is 24.3 Å². The number of benzene rings is 3. The number of rotatable bonds is 8. The van der Waals surface area contributed by atoms with Crippen LogP contribution in [0.15, 0.2) is 89.5 Å². The van der Waals surface area contributed by atoms with Gasteiger partial charge in [-0.3, -0.25) is 4.79 Å². The summed E-state index contributed by atoms with van der Waals surface area (Å²) >= 11 is 0. The lowest BCUT2D eigenvalue weighted by atomic mass is 10.1. The highest BCUT2D eigenvalue weighted by atomic mass is 19.2. The molecule has 1 N–H and O–H groups in total. The highest BCUT2D eigenvalue weighted by Crippen LogP contribution is 2.28. The van der Waals surface area contributed by atoms with Crippen LogP contribution in [0.3, 0.4) is 0 Å². The zero-order valence-electron chi connectivity index (χ0n) is 19.6. The highest BCUT2D eigenvalue weighted by molar-refractivity contribution is 5.91. The maximum atomic E-state index is 13.8. The smallest absolute Gasteiger partial charge is 0.287 e. The van der Waals surface area contributed by atoms with E-state index in [9.17, 15) is 22.4 Å². The molecule has 2 aromatic heterocycles. The summed E-state index contributed by atoms with van der Waals surface area (Å²) in [5.41, 5.74) is 3.17. The zero-order chi connectivity index (χ0) is 26.6. The number of halogens is 4. The average Bonchev–Trinajstić information content (AvgIpc) is 3.59. The molecule has 38 heavy (non-hydrogen) atoms. The first kappa shape index (κ1) is 24.8. The summed E-state index contributed by atoms with van der Waals surface area (Å²) in [6, 6.07) is 21.8.